The highest BCUT2D eigenvalue weighted by molar-refractivity contribution is 6.00. The molecule has 1 saturated carbocycles. The van der Waals surface area contributed by atoms with Crippen molar-refractivity contribution in [2.45, 2.75) is 25.7 Å². The van der Waals surface area contributed by atoms with Gasteiger partial charge in [0.1, 0.15) is 0 Å². The number of guanidine groups is 1. The lowest BCUT2D eigenvalue weighted by Gasteiger charge is -2.34. The molecule has 134 valence electrons. The Balaban J connectivity index is 1.57. The average molecular weight is 344 g/mol. The van der Waals surface area contributed by atoms with Crippen molar-refractivity contribution in [2.24, 2.45) is 17.6 Å². The van der Waals surface area contributed by atoms with E-state index in [1.165, 1.54) is 0 Å². The molecule has 1 amide bonds. The minimum absolute atomic E-state index is 0.0271. The van der Waals surface area contributed by atoms with E-state index in [4.69, 9.17) is 11.1 Å². The van der Waals surface area contributed by atoms with Gasteiger partial charge in [-0.1, -0.05) is 0 Å². The molecule has 0 bridgehead atoms. The minimum Gasteiger partial charge on any atom is -0.338 e. The van der Waals surface area contributed by atoms with E-state index in [1.807, 2.05) is 14.1 Å². The summed E-state index contributed by atoms with van der Waals surface area (Å²) in [6, 6.07) is 1.80. The van der Waals surface area contributed by atoms with Crippen LogP contribution in [0.2, 0.25) is 0 Å². The number of H-pyrrole nitrogens is 1. The molecule has 25 heavy (non-hydrogen) atoms. The first-order valence-corrected chi connectivity index (χ1v) is 8.63. The number of rotatable bonds is 4. The van der Waals surface area contributed by atoms with Crippen molar-refractivity contribution in [3.05, 3.63) is 18.5 Å². The van der Waals surface area contributed by atoms with Gasteiger partial charge in [0.15, 0.2) is 5.65 Å². The number of aromatic amines is 1. The minimum atomic E-state index is 0.0271. The summed E-state index contributed by atoms with van der Waals surface area (Å²) in [5.41, 5.74) is 7.09. The Bertz CT molecular complexity index is 774. The lowest BCUT2D eigenvalue weighted by Crippen LogP contribution is -2.52. The normalized spacial score (nSPS) is 21.2. The molecule has 2 aromatic heterocycles. The molecule has 1 aliphatic rings. The predicted molar refractivity (Wildman–Crippen MR) is 96.9 cm³/mol. The van der Waals surface area contributed by atoms with E-state index in [0.717, 1.165) is 43.3 Å². The number of carbonyl (C=O) groups excluding carboxylic acids is 1. The van der Waals surface area contributed by atoms with Gasteiger partial charge in [0.25, 0.3) is 5.96 Å². The van der Waals surface area contributed by atoms with Crippen LogP contribution in [0.5, 0.6) is 0 Å². The summed E-state index contributed by atoms with van der Waals surface area (Å²) in [7, 11) is 3.92. The van der Waals surface area contributed by atoms with E-state index in [0.29, 0.717) is 16.0 Å². The van der Waals surface area contributed by atoms with Crippen molar-refractivity contribution in [1.29, 1.82) is 5.41 Å². The zero-order chi connectivity index (χ0) is 18.0. The molecule has 0 unspecified atom stereocenters. The number of carbonyl (C=O) groups is 1. The molecule has 1 aliphatic carbocycles. The fourth-order valence-corrected chi connectivity index (χ4v) is 3.55. The summed E-state index contributed by atoms with van der Waals surface area (Å²) >= 11 is 0. The van der Waals surface area contributed by atoms with Crippen LogP contribution in [0.15, 0.2) is 18.5 Å². The third-order valence-corrected chi connectivity index (χ3v) is 5.20. The molecular formula is C17H26N7O+. The summed E-state index contributed by atoms with van der Waals surface area (Å²) in [5.74, 6) is 0.776. The fraction of sp³-hybridized carbons (Fsp3) is 0.529. The lowest BCUT2D eigenvalue weighted by atomic mass is 9.81. The Morgan fingerprint density at radius 1 is 1.40 bits per heavy atom. The number of nitrogens with one attached hydrogen (secondary N) is 3. The zero-order valence-corrected chi connectivity index (χ0v) is 14.7. The van der Waals surface area contributed by atoms with Crippen LogP contribution in [-0.2, 0) is 4.79 Å². The van der Waals surface area contributed by atoms with E-state index in [-0.39, 0.29) is 17.8 Å². The summed E-state index contributed by atoms with van der Waals surface area (Å²) in [6.45, 7) is 0.851. The third-order valence-electron chi connectivity index (χ3n) is 5.20. The number of aromatic nitrogens is 3. The van der Waals surface area contributed by atoms with Crippen LogP contribution < -0.4 is 11.1 Å². The van der Waals surface area contributed by atoms with Gasteiger partial charge in [-0.15, -0.1) is 0 Å². The van der Waals surface area contributed by atoms with Gasteiger partial charge in [-0.3, -0.25) is 14.4 Å². The number of nitrogens with zero attached hydrogens (tertiary/aromatic N) is 3. The molecule has 0 aliphatic heterocycles. The fourth-order valence-electron chi connectivity index (χ4n) is 3.55. The van der Waals surface area contributed by atoms with E-state index in [2.05, 4.69) is 20.5 Å². The topological polar surface area (TPSA) is 121 Å². The van der Waals surface area contributed by atoms with Crippen LogP contribution in [0, 0.1) is 17.2 Å². The van der Waals surface area contributed by atoms with Crippen LogP contribution in [0.1, 0.15) is 25.7 Å². The first kappa shape index (κ1) is 17.3. The van der Waals surface area contributed by atoms with Crippen LogP contribution in [0.25, 0.3) is 11.0 Å². The number of nitrogens with two attached hydrogens (primary N) is 1. The molecule has 2 aromatic rings. The predicted octanol–water partition coefficient (Wildman–Crippen LogP) is 1.67. The number of amides is 1. The molecule has 8 nitrogen and oxygen atoms in total. The number of anilines is 1. The van der Waals surface area contributed by atoms with Crippen LogP contribution >= 0.6 is 0 Å². The molecule has 0 aromatic carbocycles. The Morgan fingerprint density at radius 3 is 2.80 bits per heavy atom. The third kappa shape index (κ3) is 3.79. The highest BCUT2D eigenvalue weighted by atomic mass is 16.1. The van der Waals surface area contributed by atoms with Gasteiger partial charge in [-0.2, -0.15) is 5.10 Å². The monoisotopic (exact) mass is 344 g/mol. The number of hydrogen-bond acceptors (Lipinski definition) is 4. The van der Waals surface area contributed by atoms with Crippen molar-refractivity contribution in [2.75, 3.05) is 26.0 Å². The van der Waals surface area contributed by atoms with Crippen molar-refractivity contribution >= 4 is 28.6 Å². The SMILES string of the molecule is C[N+](C)(CC1CCC(C(=O)Nc2ccnc3[nH]ncc23)CC1)C(=N)N. The van der Waals surface area contributed by atoms with Crippen molar-refractivity contribution in [1.82, 2.24) is 15.2 Å². The van der Waals surface area contributed by atoms with Crippen molar-refractivity contribution in [3.8, 4) is 0 Å². The second-order valence-electron chi connectivity index (χ2n) is 7.45. The van der Waals surface area contributed by atoms with E-state index < -0.39 is 0 Å². The van der Waals surface area contributed by atoms with Gasteiger partial charge in [0.2, 0.25) is 5.91 Å². The van der Waals surface area contributed by atoms with E-state index >= 15 is 0 Å². The van der Waals surface area contributed by atoms with Crippen LogP contribution in [0.4, 0.5) is 5.69 Å². The molecule has 0 atom stereocenters. The van der Waals surface area contributed by atoms with Crippen molar-refractivity contribution < 1.29 is 9.28 Å². The Morgan fingerprint density at radius 2 is 2.12 bits per heavy atom. The molecule has 8 heteroatoms. The highest BCUT2D eigenvalue weighted by Gasteiger charge is 2.31. The largest absolute Gasteiger partial charge is 0.338 e. The molecule has 1 fully saturated rings. The molecule has 3 rings (SSSR count). The average Bonchev–Trinajstić information content (AvgIpc) is 3.04. The summed E-state index contributed by atoms with van der Waals surface area (Å²) in [5, 5.41) is 18.3. The van der Waals surface area contributed by atoms with Gasteiger partial charge < -0.3 is 11.1 Å². The lowest BCUT2D eigenvalue weighted by molar-refractivity contribution is -0.805. The Labute approximate surface area is 146 Å². The number of hydrogen-bond donors (Lipinski definition) is 4. The molecule has 5 N–H and O–H groups in total. The second-order valence-corrected chi connectivity index (χ2v) is 7.45. The number of fused-ring (bicyclic) bond motifs is 1. The maximum atomic E-state index is 12.6. The molecule has 0 spiro atoms. The number of pyridine rings is 1. The summed E-state index contributed by atoms with van der Waals surface area (Å²) in [6.07, 6.45) is 7.06. The summed E-state index contributed by atoms with van der Waals surface area (Å²) < 4.78 is 0.414. The molecular weight excluding hydrogens is 318 g/mol. The van der Waals surface area contributed by atoms with Crippen LogP contribution in [-0.4, -0.2) is 52.2 Å². The summed E-state index contributed by atoms with van der Waals surface area (Å²) in [4.78, 5) is 16.8. The molecule has 2 heterocycles. The smallest absolute Gasteiger partial charge is 0.291 e. The maximum Gasteiger partial charge on any atom is 0.291 e. The second kappa shape index (κ2) is 6.79. The highest BCUT2D eigenvalue weighted by Crippen LogP contribution is 2.31. The molecule has 0 radical (unpaired) electrons. The Kier molecular flexibility index (Phi) is 4.71. The maximum absolute atomic E-state index is 12.6. The van der Waals surface area contributed by atoms with E-state index in [9.17, 15) is 4.79 Å². The van der Waals surface area contributed by atoms with Gasteiger partial charge in [0, 0.05) is 18.0 Å². The first-order valence-electron chi connectivity index (χ1n) is 8.63. The van der Waals surface area contributed by atoms with Gasteiger partial charge in [-0.05, 0) is 31.7 Å². The van der Waals surface area contributed by atoms with Gasteiger partial charge >= 0.3 is 0 Å². The zero-order valence-electron chi connectivity index (χ0n) is 14.7. The van der Waals surface area contributed by atoms with Gasteiger partial charge in [-0.25, -0.2) is 10.4 Å². The van der Waals surface area contributed by atoms with Crippen LogP contribution in [0.3, 0.4) is 0 Å². The Hall–Kier alpha value is -2.48. The molecule has 0 saturated heterocycles. The van der Waals surface area contributed by atoms with Gasteiger partial charge in [0.05, 0.1) is 37.9 Å². The standard InChI is InChI=1S/C17H25N7O/c1-24(2,17(18)19)10-11-3-5-12(6-4-11)16(25)22-14-7-8-20-15-13(14)9-21-23-15/h7-9,11-12H,3-6,10H2,1-2H3,(H4-,18,19,20,21,22,23,25)/p+1. The quantitative estimate of drug-likeness (QED) is 0.383. The van der Waals surface area contributed by atoms with E-state index in [1.54, 1.807) is 18.5 Å². The number of quaternary nitrogens is 1. The van der Waals surface area contributed by atoms with Crippen molar-refractivity contribution in [3.63, 3.8) is 0 Å². The first-order chi connectivity index (χ1) is 11.9.